The average molecular weight is 196 g/mol. The number of nitrogens with zero attached hydrogens (tertiary/aromatic N) is 2. The van der Waals surface area contributed by atoms with Crippen molar-refractivity contribution in [1.82, 2.24) is 9.80 Å². The molecule has 2 rings (SSSR count). The van der Waals surface area contributed by atoms with E-state index in [1.54, 1.807) is 0 Å². The zero-order valence-electron chi connectivity index (χ0n) is 8.32. The largest absolute Gasteiger partial charge is 0.448 e. The van der Waals surface area contributed by atoms with E-state index in [0.29, 0.717) is 12.6 Å². The van der Waals surface area contributed by atoms with Gasteiger partial charge in [-0.15, -0.1) is 0 Å². The van der Waals surface area contributed by atoms with Crippen molar-refractivity contribution in [2.75, 3.05) is 26.2 Å². The lowest BCUT2D eigenvalue weighted by Crippen LogP contribution is -2.43. The average Bonchev–Trinajstić information content (AvgIpc) is 2.65. The standard InChI is InChI=1S/C10H16N2O2/c1-2-11-5-3-9(4-6-11)12-7-8-14-10(12)13/h2,9H,1,3-8H2. The van der Waals surface area contributed by atoms with Gasteiger partial charge in [-0.1, -0.05) is 6.58 Å². The molecule has 4 heteroatoms. The van der Waals surface area contributed by atoms with E-state index in [4.69, 9.17) is 4.74 Å². The summed E-state index contributed by atoms with van der Waals surface area (Å²) in [5.41, 5.74) is 0. The van der Waals surface area contributed by atoms with Gasteiger partial charge in [0.15, 0.2) is 0 Å². The minimum Gasteiger partial charge on any atom is -0.448 e. The molecule has 0 aliphatic carbocycles. The van der Waals surface area contributed by atoms with Crippen LogP contribution in [-0.2, 0) is 4.74 Å². The number of hydrogen-bond donors (Lipinski definition) is 0. The van der Waals surface area contributed by atoms with Crippen LogP contribution >= 0.6 is 0 Å². The summed E-state index contributed by atoms with van der Waals surface area (Å²) in [6.07, 6.45) is 3.79. The molecule has 0 aromatic carbocycles. The van der Waals surface area contributed by atoms with Gasteiger partial charge < -0.3 is 14.5 Å². The second-order valence-electron chi connectivity index (χ2n) is 3.76. The van der Waals surface area contributed by atoms with Crippen LogP contribution in [0.2, 0.25) is 0 Å². The zero-order valence-corrected chi connectivity index (χ0v) is 8.32. The highest BCUT2D eigenvalue weighted by Crippen LogP contribution is 2.19. The van der Waals surface area contributed by atoms with E-state index in [9.17, 15) is 4.79 Å². The zero-order chi connectivity index (χ0) is 9.97. The Balaban J connectivity index is 1.88. The topological polar surface area (TPSA) is 32.8 Å². The maximum absolute atomic E-state index is 11.3. The van der Waals surface area contributed by atoms with Gasteiger partial charge in [-0.2, -0.15) is 0 Å². The molecule has 2 fully saturated rings. The highest BCUT2D eigenvalue weighted by atomic mass is 16.6. The molecule has 4 nitrogen and oxygen atoms in total. The highest BCUT2D eigenvalue weighted by Gasteiger charge is 2.31. The third-order valence-corrected chi connectivity index (χ3v) is 2.99. The van der Waals surface area contributed by atoms with E-state index in [0.717, 1.165) is 32.5 Å². The molecule has 14 heavy (non-hydrogen) atoms. The fraction of sp³-hybridized carbons (Fsp3) is 0.700. The lowest BCUT2D eigenvalue weighted by molar-refractivity contribution is 0.129. The molecule has 0 radical (unpaired) electrons. The van der Waals surface area contributed by atoms with Crippen molar-refractivity contribution in [2.24, 2.45) is 0 Å². The van der Waals surface area contributed by atoms with Crippen molar-refractivity contribution in [1.29, 1.82) is 0 Å². The highest BCUT2D eigenvalue weighted by molar-refractivity contribution is 5.69. The predicted molar refractivity (Wildman–Crippen MR) is 52.8 cm³/mol. The minimum absolute atomic E-state index is 0.137. The number of hydrogen-bond acceptors (Lipinski definition) is 3. The first-order chi connectivity index (χ1) is 6.81. The molecule has 2 heterocycles. The fourth-order valence-electron chi connectivity index (χ4n) is 2.12. The Labute approximate surface area is 84.1 Å². The van der Waals surface area contributed by atoms with Crippen LogP contribution < -0.4 is 0 Å². The Morgan fingerprint density at radius 2 is 2.07 bits per heavy atom. The Hall–Kier alpha value is -1.19. The number of likely N-dealkylation sites (tertiary alicyclic amines) is 1. The van der Waals surface area contributed by atoms with Gasteiger partial charge in [-0.25, -0.2) is 4.79 Å². The first kappa shape index (κ1) is 9.37. The smallest absolute Gasteiger partial charge is 0.410 e. The van der Waals surface area contributed by atoms with Crippen LogP contribution in [0.1, 0.15) is 12.8 Å². The number of piperidine rings is 1. The summed E-state index contributed by atoms with van der Waals surface area (Å²) in [6.45, 7) is 7.06. The van der Waals surface area contributed by atoms with Crippen LogP contribution in [0.4, 0.5) is 4.79 Å². The lowest BCUT2D eigenvalue weighted by Gasteiger charge is -2.34. The summed E-state index contributed by atoms with van der Waals surface area (Å²) in [4.78, 5) is 15.3. The van der Waals surface area contributed by atoms with Crippen molar-refractivity contribution >= 4 is 6.09 Å². The SMILES string of the molecule is C=CN1CCC(N2CCOC2=O)CC1. The van der Waals surface area contributed by atoms with Crippen molar-refractivity contribution in [3.05, 3.63) is 12.8 Å². The molecule has 0 atom stereocenters. The van der Waals surface area contributed by atoms with Crippen LogP contribution in [0.3, 0.4) is 0 Å². The number of amides is 1. The van der Waals surface area contributed by atoms with E-state index in [2.05, 4.69) is 11.5 Å². The molecule has 2 saturated heterocycles. The second-order valence-corrected chi connectivity index (χ2v) is 3.76. The maximum Gasteiger partial charge on any atom is 0.410 e. The van der Waals surface area contributed by atoms with Gasteiger partial charge in [0.2, 0.25) is 0 Å². The number of carbonyl (C=O) groups is 1. The number of rotatable bonds is 2. The van der Waals surface area contributed by atoms with Gasteiger partial charge >= 0.3 is 6.09 Å². The first-order valence-electron chi connectivity index (χ1n) is 5.11. The van der Waals surface area contributed by atoms with E-state index in [1.807, 2.05) is 11.1 Å². The van der Waals surface area contributed by atoms with E-state index < -0.39 is 0 Å². The summed E-state index contributed by atoms with van der Waals surface area (Å²) < 4.78 is 4.93. The van der Waals surface area contributed by atoms with Crippen LogP contribution in [0.25, 0.3) is 0 Å². The Bertz CT molecular complexity index is 234. The lowest BCUT2D eigenvalue weighted by atomic mass is 10.0. The summed E-state index contributed by atoms with van der Waals surface area (Å²) in [5, 5.41) is 0. The Morgan fingerprint density at radius 1 is 1.36 bits per heavy atom. The summed E-state index contributed by atoms with van der Waals surface area (Å²) in [7, 11) is 0. The van der Waals surface area contributed by atoms with Crippen LogP contribution in [0.5, 0.6) is 0 Å². The minimum atomic E-state index is -0.137. The van der Waals surface area contributed by atoms with E-state index >= 15 is 0 Å². The third kappa shape index (κ3) is 1.69. The van der Waals surface area contributed by atoms with Crippen LogP contribution in [-0.4, -0.2) is 48.2 Å². The van der Waals surface area contributed by atoms with Crippen molar-refractivity contribution in [3.8, 4) is 0 Å². The molecular formula is C10H16N2O2. The first-order valence-corrected chi connectivity index (χ1v) is 5.11. The maximum atomic E-state index is 11.3. The predicted octanol–water partition coefficient (Wildman–Crippen LogP) is 1.05. The molecule has 0 aromatic rings. The van der Waals surface area contributed by atoms with Crippen molar-refractivity contribution in [2.45, 2.75) is 18.9 Å². The van der Waals surface area contributed by atoms with Crippen LogP contribution in [0.15, 0.2) is 12.8 Å². The number of ether oxygens (including phenoxy) is 1. The quantitative estimate of drug-likeness (QED) is 0.661. The van der Waals surface area contributed by atoms with E-state index in [-0.39, 0.29) is 6.09 Å². The molecular weight excluding hydrogens is 180 g/mol. The molecule has 0 saturated carbocycles. The van der Waals surface area contributed by atoms with E-state index in [1.165, 1.54) is 0 Å². The molecule has 2 aliphatic heterocycles. The normalized spacial score (nSPS) is 23.9. The molecule has 0 bridgehead atoms. The Kier molecular flexibility index (Phi) is 2.61. The summed E-state index contributed by atoms with van der Waals surface area (Å²) >= 11 is 0. The molecule has 0 unspecified atom stereocenters. The fourth-order valence-corrected chi connectivity index (χ4v) is 2.12. The molecule has 1 amide bonds. The van der Waals surface area contributed by atoms with Crippen molar-refractivity contribution in [3.63, 3.8) is 0 Å². The van der Waals surface area contributed by atoms with Gasteiger partial charge in [-0.05, 0) is 19.0 Å². The van der Waals surface area contributed by atoms with Gasteiger partial charge in [-0.3, -0.25) is 0 Å². The number of carbonyl (C=O) groups excluding carboxylic acids is 1. The molecule has 0 spiro atoms. The third-order valence-electron chi connectivity index (χ3n) is 2.99. The summed E-state index contributed by atoms with van der Waals surface area (Å²) in [6, 6.07) is 0.376. The van der Waals surface area contributed by atoms with Gasteiger partial charge in [0, 0.05) is 19.1 Å². The summed E-state index contributed by atoms with van der Waals surface area (Å²) in [5.74, 6) is 0. The van der Waals surface area contributed by atoms with Crippen molar-refractivity contribution < 1.29 is 9.53 Å². The molecule has 78 valence electrons. The molecule has 2 aliphatic rings. The van der Waals surface area contributed by atoms with Gasteiger partial charge in [0.25, 0.3) is 0 Å². The van der Waals surface area contributed by atoms with Crippen LogP contribution in [0, 0.1) is 0 Å². The number of cyclic esters (lactones) is 1. The Morgan fingerprint density at radius 3 is 2.57 bits per heavy atom. The second kappa shape index (κ2) is 3.90. The molecule has 0 aromatic heterocycles. The van der Waals surface area contributed by atoms with Gasteiger partial charge in [0.1, 0.15) is 6.61 Å². The molecule has 0 N–H and O–H groups in total. The van der Waals surface area contributed by atoms with Gasteiger partial charge in [0.05, 0.1) is 6.54 Å². The monoisotopic (exact) mass is 196 g/mol.